The molecule has 0 unspecified atom stereocenters. The quantitative estimate of drug-likeness (QED) is 0.725. The molecule has 32 heavy (non-hydrogen) atoms. The number of nitrogens with zero attached hydrogens (tertiary/aromatic N) is 3. The fourth-order valence-electron chi connectivity index (χ4n) is 3.59. The molecule has 2 aliphatic rings. The molecule has 2 aliphatic heterocycles. The highest BCUT2D eigenvalue weighted by molar-refractivity contribution is 6.33. The number of rotatable bonds is 5. The van der Waals surface area contributed by atoms with Crippen molar-refractivity contribution in [1.29, 1.82) is 0 Å². The summed E-state index contributed by atoms with van der Waals surface area (Å²) < 4.78 is 49.8. The summed E-state index contributed by atoms with van der Waals surface area (Å²) in [6.45, 7) is 3.02. The number of hydrogen-bond donors (Lipinski definition) is 1. The number of para-hydroxylation sites is 2. The number of fused-ring (bicyclic) bond motifs is 1. The number of alkyl halides is 3. The van der Waals surface area contributed by atoms with E-state index < -0.39 is 11.7 Å². The predicted octanol–water partition coefficient (Wildman–Crippen LogP) is 2.83. The molecule has 1 fully saturated rings. The van der Waals surface area contributed by atoms with E-state index in [4.69, 9.17) is 21.1 Å². The number of halogens is 4. The Morgan fingerprint density at radius 3 is 2.59 bits per heavy atom. The number of ether oxygens (including phenoxy) is 2. The number of carbonyl (C=O) groups excluding carboxylic acids is 1. The van der Waals surface area contributed by atoms with Gasteiger partial charge in [0.05, 0.1) is 23.7 Å². The first-order chi connectivity index (χ1) is 15.3. The lowest BCUT2D eigenvalue weighted by Gasteiger charge is -2.35. The van der Waals surface area contributed by atoms with Crippen molar-refractivity contribution in [2.45, 2.75) is 12.3 Å². The summed E-state index contributed by atoms with van der Waals surface area (Å²) in [5.74, 6) is 1.53. The summed E-state index contributed by atoms with van der Waals surface area (Å²) in [6.07, 6.45) is -3.96. The summed E-state index contributed by atoms with van der Waals surface area (Å²) in [7, 11) is 0. The SMILES string of the molecule is O=C(CN1CCN(c2ncc(C(F)(F)F)cc2Cl)CC1)NC[C@@H]1COc2ccccc2O1. The van der Waals surface area contributed by atoms with E-state index in [0.717, 1.165) is 12.3 Å². The summed E-state index contributed by atoms with van der Waals surface area (Å²) >= 11 is 6.03. The van der Waals surface area contributed by atoms with Crippen LogP contribution in [0.5, 0.6) is 11.5 Å². The van der Waals surface area contributed by atoms with Crippen LogP contribution in [-0.2, 0) is 11.0 Å². The molecule has 1 aromatic carbocycles. The van der Waals surface area contributed by atoms with Gasteiger partial charge in [-0.05, 0) is 18.2 Å². The number of anilines is 1. The highest BCUT2D eigenvalue weighted by Gasteiger charge is 2.32. The summed E-state index contributed by atoms with van der Waals surface area (Å²) in [5, 5.41) is 2.82. The van der Waals surface area contributed by atoms with Crippen molar-refractivity contribution in [3.8, 4) is 11.5 Å². The second-order valence-corrected chi connectivity index (χ2v) is 8.00. The lowest BCUT2D eigenvalue weighted by atomic mass is 10.2. The molecule has 172 valence electrons. The third-order valence-corrected chi connectivity index (χ3v) is 5.56. The molecule has 1 N–H and O–H groups in total. The van der Waals surface area contributed by atoms with Crippen LogP contribution in [0.15, 0.2) is 36.5 Å². The third-order valence-electron chi connectivity index (χ3n) is 5.28. The zero-order valence-corrected chi connectivity index (χ0v) is 17.8. The standard InChI is InChI=1S/C21H22ClF3N4O3/c22-16-9-14(21(23,24)25)10-27-20(16)29-7-5-28(6-8-29)12-19(30)26-11-15-13-31-17-3-1-2-4-18(17)32-15/h1-4,9-10,15H,5-8,11-13H2,(H,26,30)/t15-/m1/s1. The van der Waals surface area contributed by atoms with E-state index >= 15 is 0 Å². The Morgan fingerprint density at radius 1 is 1.19 bits per heavy atom. The largest absolute Gasteiger partial charge is 0.486 e. The Labute approximate surface area is 188 Å². The normalized spacial score (nSPS) is 19.0. The fourth-order valence-corrected chi connectivity index (χ4v) is 3.87. The van der Waals surface area contributed by atoms with Gasteiger partial charge in [-0.15, -0.1) is 0 Å². The minimum Gasteiger partial charge on any atom is -0.486 e. The van der Waals surface area contributed by atoms with Crippen molar-refractivity contribution in [2.75, 3.05) is 50.8 Å². The van der Waals surface area contributed by atoms with Crippen molar-refractivity contribution >= 4 is 23.3 Å². The second kappa shape index (κ2) is 9.41. The molecule has 4 rings (SSSR count). The van der Waals surface area contributed by atoms with Crippen LogP contribution in [0.2, 0.25) is 5.02 Å². The van der Waals surface area contributed by atoms with Crippen molar-refractivity contribution in [1.82, 2.24) is 15.2 Å². The molecule has 7 nitrogen and oxygen atoms in total. The number of nitrogens with one attached hydrogen (secondary N) is 1. The van der Waals surface area contributed by atoms with Crippen LogP contribution in [0.25, 0.3) is 0 Å². The van der Waals surface area contributed by atoms with E-state index in [2.05, 4.69) is 10.3 Å². The van der Waals surface area contributed by atoms with Crippen LogP contribution < -0.4 is 19.7 Å². The molecule has 1 saturated heterocycles. The number of aromatic nitrogens is 1. The van der Waals surface area contributed by atoms with Gasteiger partial charge in [0.15, 0.2) is 11.5 Å². The smallest absolute Gasteiger partial charge is 0.417 e. The van der Waals surface area contributed by atoms with Gasteiger partial charge in [0, 0.05) is 32.4 Å². The second-order valence-electron chi connectivity index (χ2n) is 7.59. The topological polar surface area (TPSA) is 66.9 Å². The Bertz CT molecular complexity index is 968. The molecule has 0 saturated carbocycles. The predicted molar refractivity (Wildman–Crippen MR) is 112 cm³/mol. The van der Waals surface area contributed by atoms with Gasteiger partial charge in [-0.3, -0.25) is 9.69 Å². The lowest BCUT2D eigenvalue weighted by Crippen LogP contribution is -2.51. The van der Waals surface area contributed by atoms with Gasteiger partial charge in [-0.1, -0.05) is 23.7 Å². The number of benzene rings is 1. The van der Waals surface area contributed by atoms with E-state index in [1.54, 1.807) is 0 Å². The maximum Gasteiger partial charge on any atom is 0.417 e. The van der Waals surface area contributed by atoms with Crippen LogP contribution in [0, 0.1) is 0 Å². The number of carbonyl (C=O) groups is 1. The van der Waals surface area contributed by atoms with Crippen molar-refractivity contribution in [2.24, 2.45) is 0 Å². The van der Waals surface area contributed by atoms with Gasteiger partial charge >= 0.3 is 6.18 Å². The molecular formula is C21H22ClF3N4O3. The first-order valence-electron chi connectivity index (χ1n) is 10.1. The molecule has 0 bridgehead atoms. The van der Waals surface area contributed by atoms with Crippen LogP contribution in [0.3, 0.4) is 0 Å². The van der Waals surface area contributed by atoms with E-state index in [1.165, 1.54) is 0 Å². The molecule has 0 aliphatic carbocycles. The Morgan fingerprint density at radius 2 is 1.91 bits per heavy atom. The van der Waals surface area contributed by atoms with Gasteiger partial charge in [-0.2, -0.15) is 13.2 Å². The highest BCUT2D eigenvalue weighted by atomic mass is 35.5. The average Bonchev–Trinajstić information content (AvgIpc) is 2.77. The summed E-state index contributed by atoms with van der Waals surface area (Å²) in [5.41, 5.74) is -0.877. The van der Waals surface area contributed by atoms with Crippen LogP contribution in [0.4, 0.5) is 19.0 Å². The van der Waals surface area contributed by atoms with Crippen molar-refractivity contribution in [3.63, 3.8) is 0 Å². The molecule has 3 heterocycles. The van der Waals surface area contributed by atoms with Gasteiger partial charge in [0.2, 0.25) is 5.91 Å². The first kappa shape index (κ1) is 22.5. The van der Waals surface area contributed by atoms with Crippen LogP contribution >= 0.6 is 11.6 Å². The molecule has 2 aromatic rings. The Balaban J connectivity index is 1.22. The number of amides is 1. The van der Waals surface area contributed by atoms with Gasteiger partial charge in [0.1, 0.15) is 18.5 Å². The van der Waals surface area contributed by atoms with Gasteiger partial charge < -0.3 is 19.7 Å². The van der Waals surface area contributed by atoms with Crippen LogP contribution in [-0.4, -0.2) is 67.8 Å². The summed E-state index contributed by atoms with van der Waals surface area (Å²) in [6, 6.07) is 8.26. The summed E-state index contributed by atoms with van der Waals surface area (Å²) in [4.78, 5) is 20.0. The van der Waals surface area contributed by atoms with E-state index in [-0.39, 0.29) is 23.6 Å². The maximum atomic E-state index is 12.8. The molecule has 1 amide bonds. The molecule has 0 spiro atoms. The van der Waals surface area contributed by atoms with E-state index in [1.807, 2.05) is 34.1 Å². The van der Waals surface area contributed by atoms with Crippen molar-refractivity contribution in [3.05, 3.63) is 47.1 Å². The minimum atomic E-state index is -4.49. The van der Waals surface area contributed by atoms with E-state index in [0.29, 0.717) is 56.6 Å². The van der Waals surface area contributed by atoms with Crippen LogP contribution in [0.1, 0.15) is 5.56 Å². The zero-order chi connectivity index (χ0) is 22.7. The average molecular weight is 471 g/mol. The molecule has 1 atom stereocenters. The Kier molecular flexibility index (Phi) is 6.61. The monoisotopic (exact) mass is 470 g/mol. The van der Waals surface area contributed by atoms with E-state index in [9.17, 15) is 18.0 Å². The molecule has 11 heteroatoms. The molecule has 0 radical (unpaired) electrons. The third kappa shape index (κ3) is 5.36. The number of piperazine rings is 1. The number of pyridine rings is 1. The highest BCUT2D eigenvalue weighted by Crippen LogP contribution is 2.34. The first-order valence-corrected chi connectivity index (χ1v) is 10.5. The Hall–Kier alpha value is -2.72. The molecular weight excluding hydrogens is 449 g/mol. The zero-order valence-electron chi connectivity index (χ0n) is 17.1. The number of hydrogen-bond acceptors (Lipinski definition) is 6. The van der Waals surface area contributed by atoms with Gasteiger partial charge in [-0.25, -0.2) is 4.98 Å². The fraction of sp³-hybridized carbons (Fsp3) is 0.429. The molecule has 1 aromatic heterocycles. The van der Waals surface area contributed by atoms with Crippen molar-refractivity contribution < 1.29 is 27.4 Å². The van der Waals surface area contributed by atoms with Gasteiger partial charge in [0.25, 0.3) is 0 Å². The maximum absolute atomic E-state index is 12.8. The minimum absolute atomic E-state index is 0.0395. The lowest BCUT2D eigenvalue weighted by molar-refractivity contribution is -0.137.